The van der Waals surface area contributed by atoms with E-state index in [-0.39, 0.29) is 18.7 Å². The lowest BCUT2D eigenvalue weighted by molar-refractivity contribution is 0.131. The maximum atomic E-state index is 12.3. The molecule has 7 heteroatoms. The van der Waals surface area contributed by atoms with Crippen LogP contribution in [0.2, 0.25) is 0 Å². The largest absolute Gasteiger partial charge is 0.444 e. The van der Waals surface area contributed by atoms with Gasteiger partial charge in [-0.05, 0) is 48.9 Å². The van der Waals surface area contributed by atoms with E-state index in [9.17, 15) is 13.2 Å². The van der Waals surface area contributed by atoms with Crippen molar-refractivity contribution in [1.29, 1.82) is 0 Å². The monoisotopic (exact) mass is 324 g/mol. The van der Waals surface area contributed by atoms with Gasteiger partial charge in [0.2, 0.25) is 10.0 Å². The number of hydrogen-bond acceptors (Lipinski definition) is 4. The number of fused-ring (bicyclic) bond motifs is 1. The fourth-order valence-electron chi connectivity index (χ4n) is 2.95. The number of nitrogens with one attached hydrogen (secondary N) is 1. The number of rotatable bonds is 5. The number of carbonyl (C=O) groups is 1. The van der Waals surface area contributed by atoms with Crippen LogP contribution in [0.15, 0.2) is 23.1 Å². The third kappa shape index (κ3) is 3.10. The van der Waals surface area contributed by atoms with Crippen molar-refractivity contribution in [3.05, 3.63) is 29.3 Å². The highest BCUT2D eigenvalue weighted by Crippen LogP contribution is 2.24. The molecule has 2 aliphatic rings. The second kappa shape index (κ2) is 5.89. The molecule has 1 aliphatic heterocycles. The third-order valence-corrected chi connectivity index (χ3v) is 5.65. The Hall–Kier alpha value is -1.60. The molecule has 0 aromatic heterocycles. The van der Waals surface area contributed by atoms with Crippen LogP contribution in [0.1, 0.15) is 24.0 Å². The van der Waals surface area contributed by atoms with E-state index in [0.29, 0.717) is 17.9 Å². The standard InChI is InChI=1S/C15H20N2O4S/c1-17-10-13(21-15(17)18)7-8-16-22(19,20)14-6-5-11-3-2-4-12(11)9-14/h5-6,9,13,16H,2-4,7-8,10H2,1H3. The fraction of sp³-hybridized carbons (Fsp3) is 0.533. The quantitative estimate of drug-likeness (QED) is 0.886. The molecule has 1 fully saturated rings. The summed E-state index contributed by atoms with van der Waals surface area (Å²) >= 11 is 0. The van der Waals surface area contributed by atoms with Crippen LogP contribution in [-0.4, -0.2) is 45.7 Å². The summed E-state index contributed by atoms with van der Waals surface area (Å²) in [5, 5.41) is 0. The van der Waals surface area contributed by atoms with Gasteiger partial charge in [-0.15, -0.1) is 0 Å². The lowest BCUT2D eigenvalue weighted by atomic mass is 10.1. The number of carbonyl (C=O) groups excluding carboxylic acids is 1. The fourth-order valence-corrected chi connectivity index (χ4v) is 4.05. The summed E-state index contributed by atoms with van der Waals surface area (Å²) in [6.07, 6.45) is 2.94. The summed E-state index contributed by atoms with van der Waals surface area (Å²) in [4.78, 5) is 13.0. The van der Waals surface area contributed by atoms with Crippen molar-refractivity contribution in [2.75, 3.05) is 20.1 Å². The zero-order chi connectivity index (χ0) is 15.7. The van der Waals surface area contributed by atoms with Gasteiger partial charge < -0.3 is 9.64 Å². The van der Waals surface area contributed by atoms with Gasteiger partial charge in [0.15, 0.2) is 0 Å². The number of cyclic esters (lactones) is 1. The van der Waals surface area contributed by atoms with Gasteiger partial charge >= 0.3 is 6.09 Å². The zero-order valence-corrected chi connectivity index (χ0v) is 13.4. The smallest absolute Gasteiger partial charge is 0.409 e. The normalized spacial score (nSPS) is 21.0. The van der Waals surface area contributed by atoms with E-state index in [1.54, 1.807) is 19.2 Å². The molecule has 0 bridgehead atoms. The third-order valence-electron chi connectivity index (χ3n) is 4.20. The van der Waals surface area contributed by atoms with Gasteiger partial charge in [0, 0.05) is 13.6 Å². The maximum absolute atomic E-state index is 12.3. The van der Waals surface area contributed by atoms with Gasteiger partial charge in [0.05, 0.1) is 11.4 Å². The van der Waals surface area contributed by atoms with Crippen LogP contribution in [0.3, 0.4) is 0 Å². The Bertz CT molecular complexity index is 687. The van der Waals surface area contributed by atoms with Gasteiger partial charge in [0.1, 0.15) is 6.10 Å². The molecule has 1 aromatic carbocycles. The Balaban J connectivity index is 1.58. The number of nitrogens with zero attached hydrogens (tertiary/aromatic N) is 1. The van der Waals surface area contributed by atoms with Crippen molar-refractivity contribution in [3.63, 3.8) is 0 Å². The Labute approximate surface area is 130 Å². The molecule has 22 heavy (non-hydrogen) atoms. The first-order valence-electron chi connectivity index (χ1n) is 7.49. The minimum atomic E-state index is -3.50. The van der Waals surface area contributed by atoms with Crippen LogP contribution in [0.5, 0.6) is 0 Å². The van der Waals surface area contributed by atoms with Crippen LogP contribution in [0, 0.1) is 0 Å². The summed E-state index contributed by atoms with van der Waals surface area (Å²) in [6, 6.07) is 5.34. The minimum Gasteiger partial charge on any atom is -0.444 e. The lowest BCUT2D eigenvalue weighted by Gasteiger charge is -2.11. The Kier molecular flexibility index (Phi) is 4.10. The number of likely N-dealkylation sites (N-methyl/N-ethyl adjacent to an activating group) is 1. The molecule has 1 unspecified atom stereocenters. The van der Waals surface area contributed by atoms with E-state index in [2.05, 4.69) is 4.72 Å². The van der Waals surface area contributed by atoms with Crippen LogP contribution in [-0.2, 0) is 27.6 Å². The van der Waals surface area contributed by atoms with E-state index >= 15 is 0 Å². The lowest BCUT2D eigenvalue weighted by Crippen LogP contribution is -2.28. The van der Waals surface area contributed by atoms with Crippen molar-refractivity contribution in [1.82, 2.24) is 9.62 Å². The van der Waals surface area contributed by atoms with Gasteiger partial charge in [-0.1, -0.05) is 6.07 Å². The van der Waals surface area contributed by atoms with Crippen molar-refractivity contribution in [2.45, 2.75) is 36.7 Å². The van der Waals surface area contributed by atoms with E-state index in [1.165, 1.54) is 10.5 Å². The molecule has 3 rings (SSSR count). The molecule has 1 atom stereocenters. The highest BCUT2D eigenvalue weighted by Gasteiger charge is 2.28. The molecule has 1 aromatic rings. The first kappa shape index (κ1) is 15.3. The summed E-state index contributed by atoms with van der Waals surface area (Å²) < 4.78 is 32.3. The molecule has 120 valence electrons. The van der Waals surface area contributed by atoms with Gasteiger partial charge in [-0.25, -0.2) is 17.9 Å². The number of hydrogen-bond donors (Lipinski definition) is 1. The molecule has 1 aliphatic carbocycles. The minimum absolute atomic E-state index is 0.250. The topological polar surface area (TPSA) is 75.7 Å². The number of aryl methyl sites for hydroxylation is 2. The molecule has 1 heterocycles. The van der Waals surface area contributed by atoms with Crippen molar-refractivity contribution < 1.29 is 17.9 Å². The highest BCUT2D eigenvalue weighted by molar-refractivity contribution is 7.89. The van der Waals surface area contributed by atoms with E-state index in [4.69, 9.17) is 4.74 Å². The molecule has 6 nitrogen and oxygen atoms in total. The maximum Gasteiger partial charge on any atom is 0.409 e. The molecular formula is C15H20N2O4S. The predicted octanol–water partition coefficient (Wildman–Crippen LogP) is 1.29. The number of amides is 1. The molecule has 1 amide bonds. The predicted molar refractivity (Wildman–Crippen MR) is 81.2 cm³/mol. The number of ether oxygens (including phenoxy) is 1. The van der Waals surface area contributed by atoms with E-state index < -0.39 is 10.0 Å². The average Bonchev–Trinajstić information content (AvgIpc) is 3.05. The summed E-state index contributed by atoms with van der Waals surface area (Å²) in [6.45, 7) is 0.755. The highest BCUT2D eigenvalue weighted by atomic mass is 32.2. The van der Waals surface area contributed by atoms with Crippen molar-refractivity contribution >= 4 is 16.1 Å². The number of benzene rings is 1. The van der Waals surface area contributed by atoms with E-state index in [0.717, 1.165) is 24.8 Å². The van der Waals surface area contributed by atoms with Gasteiger partial charge in [0.25, 0.3) is 0 Å². The van der Waals surface area contributed by atoms with Gasteiger partial charge in [-0.3, -0.25) is 0 Å². The summed E-state index contributed by atoms with van der Waals surface area (Å²) in [5.41, 5.74) is 2.38. The van der Waals surface area contributed by atoms with Gasteiger partial charge in [-0.2, -0.15) is 0 Å². The van der Waals surface area contributed by atoms with Crippen molar-refractivity contribution in [2.24, 2.45) is 0 Å². The Morgan fingerprint density at radius 1 is 1.32 bits per heavy atom. The SMILES string of the molecule is CN1CC(CCNS(=O)(=O)c2ccc3c(c2)CCC3)OC1=O. The number of sulfonamides is 1. The molecular weight excluding hydrogens is 304 g/mol. The Morgan fingerprint density at radius 2 is 2.09 bits per heavy atom. The first-order chi connectivity index (χ1) is 10.5. The van der Waals surface area contributed by atoms with E-state index in [1.807, 2.05) is 6.07 Å². The van der Waals surface area contributed by atoms with Crippen LogP contribution in [0.4, 0.5) is 4.79 Å². The van der Waals surface area contributed by atoms with Crippen molar-refractivity contribution in [3.8, 4) is 0 Å². The molecule has 0 radical (unpaired) electrons. The molecule has 1 N–H and O–H groups in total. The summed E-state index contributed by atoms with van der Waals surface area (Å²) in [7, 11) is -1.84. The second-order valence-electron chi connectivity index (χ2n) is 5.86. The first-order valence-corrected chi connectivity index (χ1v) is 8.97. The average molecular weight is 324 g/mol. The Morgan fingerprint density at radius 3 is 2.82 bits per heavy atom. The van der Waals surface area contributed by atoms with Crippen LogP contribution >= 0.6 is 0 Å². The molecule has 0 saturated carbocycles. The second-order valence-corrected chi connectivity index (χ2v) is 7.62. The zero-order valence-electron chi connectivity index (χ0n) is 12.5. The molecule has 1 saturated heterocycles. The van der Waals surface area contributed by atoms with Crippen LogP contribution in [0.25, 0.3) is 0 Å². The molecule has 0 spiro atoms. The van der Waals surface area contributed by atoms with Crippen LogP contribution < -0.4 is 4.72 Å². The summed E-state index contributed by atoms with van der Waals surface area (Å²) in [5.74, 6) is 0.